The molecule has 1 aromatic carbocycles. The molecule has 94 valence electrons. The van der Waals surface area contributed by atoms with Gasteiger partial charge in [0.25, 0.3) is 0 Å². The number of rotatable bonds is 4. The zero-order chi connectivity index (χ0) is 12.1. The van der Waals surface area contributed by atoms with Gasteiger partial charge in [0, 0.05) is 12.6 Å². The Balaban J connectivity index is 1.96. The molecule has 17 heavy (non-hydrogen) atoms. The Morgan fingerprint density at radius 3 is 2.35 bits per heavy atom. The van der Waals surface area contributed by atoms with Gasteiger partial charge in [-0.15, -0.1) is 0 Å². The van der Waals surface area contributed by atoms with Crippen LogP contribution in [0.1, 0.15) is 44.6 Å². The molecule has 2 nitrogen and oxygen atoms in total. The number of phenols is 1. The Labute approximate surface area is 104 Å². The van der Waals surface area contributed by atoms with Crippen molar-refractivity contribution in [1.82, 2.24) is 4.90 Å². The summed E-state index contributed by atoms with van der Waals surface area (Å²) >= 11 is 0. The van der Waals surface area contributed by atoms with Crippen LogP contribution in [0.15, 0.2) is 24.3 Å². The highest BCUT2D eigenvalue weighted by atomic mass is 16.3. The number of hydrogen-bond acceptors (Lipinski definition) is 2. The lowest BCUT2D eigenvalue weighted by molar-refractivity contribution is 0.156. The standard InChI is InChI=1S/C15H23NO/c1-2-16(14-6-4-3-5-7-14)12-13-8-10-15(17)11-9-13/h8-11,14,17H,2-7,12H2,1H3. The Morgan fingerprint density at radius 2 is 1.76 bits per heavy atom. The summed E-state index contributed by atoms with van der Waals surface area (Å²) in [7, 11) is 0. The molecule has 0 aliphatic heterocycles. The van der Waals surface area contributed by atoms with Gasteiger partial charge < -0.3 is 5.11 Å². The normalized spacial score (nSPS) is 17.5. The Hall–Kier alpha value is -1.02. The van der Waals surface area contributed by atoms with Gasteiger partial charge in [-0.05, 0) is 37.1 Å². The molecule has 1 aliphatic rings. The molecule has 2 rings (SSSR count). The second-order valence-electron chi connectivity index (χ2n) is 5.02. The second-order valence-corrected chi connectivity index (χ2v) is 5.02. The molecule has 2 heteroatoms. The van der Waals surface area contributed by atoms with Gasteiger partial charge in [-0.2, -0.15) is 0 Å². The highest BCUT2D eigenvalue weighted by Crippen LogP contribution is 2.24. The minimum atomic E-state index is 0.356. The van der Waals surface area contributed by atoms with Crippen LogP contribution >= 0.6 is 0 Å². The topological polar surface area (TPSA) is 23.5 Å². The monoisotopic (exact) mass is 233 g/mol. The average molecular weight is 233 g/mol. The molecule has 1 aliphatic carbocycles. The number of hydrogen-bond donors (Lipinski definition) is 1. The minimum absolute atomic E-state index is 0.356. The zero-order valence-corrected chi connectivity index (χ0v) is 10.7. The van der Waals surface area contributed by atoms with E-state index in [0.29, 0.717) is 5.75 Å². The van der Waals surface area contributed by atoms with Gasteiger partial charge in [0.1, 0.15) is 5.75 Å². The van der Waals surface area contributed by atoms with E-state index in [2.05, 4.69) is 11.8 Å². The summed E-state index contributed by atoms with van der Waals surface area (Å²) in [5.74, 6) is 0.356. The lowest BCUT2D eigenvalue weighted by Crippen LogP contribution is -2.36. The highest BCUT2D eigenvalue weighted by molar-refractivity contribution is 5.25. The van der Waals surface area contributed by atoms with Crippen molar-refractivity contribution in [1.29, 1.82) is 0 Å². The second kappa shape index (κ2) is 6.06. The summed E-state index contributed by atoms with van der Waals surface area (Å²) in [6, 6.07) is 8.39. The Morgan fingerprint density at radius 1 is 1.12 bits per heavy atom. The van der Waals surface area contributed by atoms with Crippen LogP contribution in [-0.4, -0.2) is 22.6 Å². The average Bonchev–Trinajstić information content (AvgIpc) is 2.39. The fourth-order valence-electron chi connectivity index (χ4n) is 2.78. The van der Waals surface area contributed by atoms with Crippen LogP contribution in [-0.2, 0) is 6.54 Å². The van der Waals surface area contributed by atoms with E-state index in [0.717, 1.165) is 19.1 Å². The lowest BCUT2D eigenvalue weighted by atomic mass is 9.94. The molecule has 1 N–H and O–H groups in total. The molecule has 0 unspecified atom stereocenters. The molecular weight excluding hydrogens is 210 g/mol. The molecule has 0 aromatic heterocycles. The van der Waals surface area contributed by atoms with Crippen molar-refractivity contribution in [2.24, 2.45) is 0 Å². The number of aromatic hydroxyl groups is 1. The van der Waals surface area contributed by atoms with Gasteiger partial charge in [-0.3, -0.25) is 4.90 Å². The van der Waals surface area contributed by atoms with Crippen LogP contribution in [0.4, 0.5) is 0 Å². The van der Waals surface area contributed by atoms with Crippen LogP contribution in [0.2, 0.25) is 0 Å². The van der Waals surface area contributed by atoms with Gasteiger partial charge in [0.2, 0.25) is 0 Å². The molecule has 0 spiro atoms. The quantitative estimate of drug-likeness (QED) is 0.859. The van der Waals surface area contributed by atoms with E-state index < -0.39 is 0 Å². The number of phenolic OH excluding ortho intramolecular Hbond substituents is 1. The van der Waals surface area contributed by atoms with Crippen molar-refractivity contribution < 1.29 is 5.11 Å². The van der Waals surface area contributed by atoms with Gasteiger partial charge >= 0.3 is 0 Å². The molecule has 0 amide bonds. The van der Waals surface area contributed by atoms with Gasteiger partial charge in [-0.1, -0.05) is 38.3 Å². The van der Waals surface area contributed by atoms with E-state index in [1.54, 1.807) is 12.1 Å². The van der Waals surface area contributed by atoms with E-state index in [4.69, 9.17) is 0 Å². The smallest absolute Gasteiger partial charge is 0.115 e. The van der Waals surface area contributed by atoms with Crippen LogP contribution in [0.5, 0.6) is 5.75 Å². The summed E-state index contributed by atoms with van der Waals surface area (Å²) < 4.78 is 0. The first-order valence-electron chi connectivity index (χ1n) is 6.81. The molecule has 0 bridgehead atoms. The highest BCUT2D eigenvalue weighted by Gasteiger charge is 2.19. The van der Waals surface area contributed by atoms with Crippen molar-refractivity contribution in [2.75, 3.05) is 6.54 Å². The van der Waals surface area contributed by atoms with Crippen molar-refractivity contribution in [3.8, 4) is 5.75 Å². The van der Waals surface area contributed by atoms with Crippen LogP contribution in [0, 0.1) is 0 Å². The SMILES string of the molecule is CCN(Cc1ccc(O)cc1)C1CCCCC1. The largest absolute Gasteiger partial charge is 0.508 e. The van der Waals surface area contributed by atoms with Crippen LogP contribution < -0.4 is 0 Å². The van der Waals surface area contributed by atoms with Crippen molar-refractivity contribution in [2.45, 2.75) is 51.6 Å². The van der Waals surface area contributed by atoms with E-state index in [-0.39, 0.29) is 0 Å². The predicted octanol–water partition coefficient (Wildman–Crippen LogP) is 3.55. The third kappa shape index (κ3) is 3.47. The molecule has 0 saturated heterocycles. The molecule has 0 heterocycles. The fraction of sp³-hybridized carbons (Fsp3) is 0.600. The van der Waals surface area contributed by atoms with Gasteiger partial charge in [-0.25, -0.2) is 0 Å². The fourth-order valence-corrected chi connectivity index (χ4v) is 2.78. The van der Waals surface area contributed by atoms with E-state index in [1.165, 1.54) is 37.7 Å². The Bertz CT molecular complexity index is 327. The molecule has 1 fully saturated rings. The van der Waals surface area contributed by atoms with Crippen LogP contribution in [0.25, 0.3) is 0 Å². The Kier molecular flexibility index (Phi) is 4.43. The summed E-state index contributed by atoms with van der Waals surface area (Å²) in [6.07, 6.45) is 6.89. The predicted molar refractivity (Wildman–Crippen MR) is 71.1 cm³/mol. The first kappa shape index (κ1) is 12.4. The van der Waals surface area contributed by atoms with E-state index in [9.17, 15) is 5.11 Å². The first-order valence-corrected chi connectivity index (χ1v) is 6.81. The van der Waals surface area contributed by atoms with Crippen molar-refractivity contribution >= 4 is 0 Å². The summed E-state index contributed by atoms with van der Waals surface area (Å²) in [5.41, 5.74) is 1.30. The van der Waals surface area contributed by atoms with Crippen LogP contribution in [0.3, 0.4) is 0 Å². The molecular formula is C15H23NO. The third-order valence-corrected chi connectivity index (χ3v) is 3.82. The molecule has 0 radical (unpaired) electrons. The summed E-state index contributed by atoms with van der Waals surface area (Å²) in [5, 5.41) is 9.28. The van der Waals surface area contributed by atoms with E-state index in [1.807, 2.05) is 12.1 Å². The number of benzene rings is 1. The maximum absolute atomic E-state index is 9.28. The molecule has 0 atom stereocenters. The number of nitrogens with zero attached hydrogens (tertiary/aromatic N) is 1. The van der Waals surface area contributed by atoms with Crippen molar-refractivity contribution in [3.63, 3.8) is 0 Å². The first-order chi connectivity index (χ1) is 8.29. The third-order valence-electron chi connectivity index (χ3n) is 3.82. The summed E-state index contributed by atoms with van der Waals surface area (Å²) in [6.45, 7) is 4.38. The summed E-state index contributed by atoms with van der Waals surface area (Å²) in [4.78, 5) is 2.57. The minimum Gasteiger partial charge on any atom is -0.508 e. The van der Waals surface area contributed by atoms with Crippen molar-refractivity contribution in [3.05, 3.63) is 29.8 Å². The lowest BCUT2D eigenvalue weighted by Gasteiger charge is -2.33. The van der Waals surface area contributed by atoms with Gasteiger partial charge in [0.05, 0.1) is 0 Å². The molecule has 1 aromatic rings. The van der Waals surface area contributed by atoms with E-state index >= 15 is 0 Å². The molecule has 1 saturated carbocycles. The maximum Gasteiger partial charge on any atom is 0.115 e. The van der Waals surface area contributed by atoms with Gasteiger partial charge in [0.15, 0.2) is 0 Å². The maximum atomic E-state index is 9.28. The zero-order valence-electron chi connectivity index (χ0n) is 10.7.